The molecular weight excluding hydrogens is 270 g/mol. The molecule has 4 N–H and O–H groups in total. The Morgan fingerprint density at radius 2 is 2.00 bits per heavy atom. The molecule has 0 saturated carbocycles. The van der Waals surface area contributed by atoms with Crippen molar-refractivity contribution in [3.05, 3.63) is 53.5 Å². The van der Waals surface area contributed by atoms with E-state index in [1.165, 1.54) is 0 Å². The zero-order valence-corrected chi connectivity index (χ0v) is 11.6. The maximum Gasteiger partial charge on any atom is 0.106 e. The fourth-order valence-electron chi connectivity index (χ4n) is 2.11. The van der Waals surface area contributed by atoms with E-state index < -0.39 is 6.10 Å². The fourth-order valence-corrected chi connectivity index (χ4v) is 2.80. The summed E-state index contributed by atoms with van der Waals surface area (Å²) in [6.45, 7) is 0.407. The molecule has 0 amide bonds. The molecule has 0 aliphatic heterocycles. The molecule has 1 aromatic heterocycles. The molecular formula is C15H15N3OS. The number of hydrogen-bond donors (Lipinski definition) is 3. The highest BCUT2D eigenvalue weighted by Crippen LogP contribution is 2.30. The summed E-state index contributed by atoms with van der Waals surface area (Å²) in [4.78, 5) is 4.26. The average molecular weight is 285 g/mol. The van der Waals surface area contributed by atoms with Gasteiger partial charge in [0.2, 0.25) is 0 Å². The SMILES string of the molecule is Nc1c(NCC(O)c2ccccc2)ccc2scnc12. The third kappa shape index (κ3) is 2.45. The van der Waals surface area contributed by atoms with E-state index in [0.29, 0.717) is 12.2 Å². The van der Waals surface area contributed by atoms with Crippen LogP contribution in [0.2, 0.25) is 0 Å². The molecule has 0 radical (unpaired) electrons. The molecule has 1 unspecified atom stereocenters. The number of nitrogens with two attached hydrogens (primary N) is 1. The second-order valence-electron chi connectivity index (χ2n) is 4.53. The lowest BCUT2D eigenvalue weighted by Crippen LogP contribution is -2.13. The predicted molar refractivity (Wildman–Crippen MR) is 83.9 cm³/mol. The Hall–Kier alpha value is -2.11. The molecule has 4 nitrogen and oxygen atoms in total. The van der Waals surface area contributed by atoms with Crippen molar-refractivity contribution in [1.29, 1.82) is 0 Å². The minimum absolute atomic E-state index is 0.407. The number of fused-ring (bicyclic) bond motifs is 1. The van der Waals surface area contributed by atoms with Gasteiger partial charge in [0.05, 0.1) is 27.7 Å². The van der Waals surface area contributed by atoms with Crippen LogP contribution in [0.5, 0.6) is 0 Å². The van der Waals surface area contributed by atoms with Gasteiger partial charge in [0.1, 0.15) is 5.52 Å². The number of nitrogens with zero attached hydrogens (tertiary/aromatic N) is 1. The number of aliphatic hydroxyl groups excluding tert-OH is 1. The zero-order valence-electron chi connectivity index (χ0n) is 10.8. The van der Waals surface area contributed by atoms with Crippen LogP contribution in [0.3, 0.4) is 0 Å². The second-order valence-corrected chi connectivity index (χ2v) is 5.42. The van der Waals surface area contributed by atoms with Crippen LogP contribution in [0, 0.1) is 0 Å². The number of benzene rings is 2. The van der Waals surface area contributed by atoms with Crippen LogP contribution in [0.15, 0.2) is 48.0 Å². The van der Waals surface area contributed by atoms with Gasteiger partial charge in [0, 0.05) is 6.54 Å². The van der Waals surface area contributed by atoms with Crippen LogP contribution in [-0.2, 0) is 0 Å². The Balaban J connectivity index is 1.75. The average Bonchev–Trinajstić information content (AvgIpc) is 2.96. The molecule has 3 rings (SSSR count). The lowest BCUT2D eigenvalue weighted by molar-refractivity contribution is 0.191. The van der Waals surface area contributed by atoms with Crippen molar-refractivity contribution < 1.29 is 5.11 Å². The van der Waals surface area contributed by atoms with Crippen LogP contribution in [-0.4, -0.2) is 16.6 Å². The number of aliphatic hydroxyl groups is 1. The molecule has 0 fully saturated rings. The van der Waals surface area contributed by atoms with Gasteiger partial charge in [-0.1, -0.05) is 30.3 Å². The normalized spacial score (nSPS) is 12.4. The fraction of sp³-hybridized carbons (Fsp3) is 0.133. The molecule has 3 aromatic rings. The number of nitrogens with one attached hydrogen (secondary N) is 1. The van der Waals surface area contributed by atoms with Crippen molar-refractivity contribution in [2.24, 2.45) is 0 Å². The first-order chi connectivity index (χ1) is 9.75. The van der Waals surface area contributed by atoms with Crippen LogP contribution in [0.25, 0.3) is 10.2 Å². The summed E-state index contributed by atoms with van der Waals surface area (Å²) in [6.07, 6.45) is -0.568. The number of anilines is 2. The first kappa shape index (κ1) is 12.9. The molecule has 5 heteroatoms. The topological polar surface area (TPSA) is 71.2 Å². The lowest BCUT2D eigenvalue weighted by atomic mass is 10.1. The van der Waals surface area contributed by atoms with Gasteiger partial charge in [0.15, 0.2) is 0 Å². The summed E-state index contributed by atoms with van der Waals surface area (Å²) in [5, 5.41) is 13.3. The van der Waals surface area contributed by atoms with Crippen molar-refractivity contribution in [3.63, 3.8) is 0 Å². The highest BCUT2D eigenvalue weighted by atomic mass is 32.1. The molecule has 1 atom stereocenters. The molecule has 0 spiro atoms. The Morgan fingerprint density at radius 3 is 2.80 bits per heavy atom. The zero-order chi connectivity index (χ0) is 13.9. The largest absolute Gasteiger partial charge is 0.395 e. The maximum absolute atomic E-state index is 10.1. The van der Waals surface area contributed by atoms with Crippen LogP contribution >= 0.6 is 11.3 Å². The molecule has 0 saturated heterocycles. The Kier molecular flexibility index (Phi) is 3.54. The van der Waals surface area contributed by atoms with Crippen molar-refractivity contribution in [3.8, 4) is 0 Å². The van der Waals surface area contributed by atoms with E-state index in [0.717, 1.165) is 21.5 Å². The van der Waals surface area contributed by atoms with E-state index in [-0.39, 0.29) is 0 Å². The first-order valence-corrected chi connectivity index (χ1v) is 7.22. The van der Waals surface area contributed by atoms with Crippen molar-refractivity contribution >= 4 is 32.9 Å². The van der Waals surface area contributed by atoms with Crippen molar-refractivity contribution in [2.45, 2.75) is 6.10 Å². The standard InChI is InChI=1S/C15H15N3OS/c16-14-11(6-7-13-15(14)18-9-20-13)17-8-12(19)10-4-2-1-3-5-10/h1-7,9,12,17,19H,8,16H2. The van der Waals surface area contributed by atoms with Gasteiger partial charge in [-0.15, -0.1) is 11.3 Å². The highest BCUT2D eigenvalue weighted by Gasteiger charge is 2.10. The minimum Gasteiger partial charge on any atom is -0.395 e. The molecule has 0 bridgehead atoms. The number of rotatable bonds is 4. The quantitative estimate of drug-likeness (QED) is 0.644. The maximum atomic E-state index is 10.1. The summed E-state index contributed by atoms with van der Waals surface area (Å²) in [5.74, 6) is 0. The molecule has 1 heterocycles. The van der Waals surface area contributed by atoms with Crippen LogP contribution in [0.4, 0.5) is 11.4 Å². The van der Waals surface area contributed by atoms with E-state index in [4.69, 9.17) is 5.73 Å². The monoisotopic (exact) mass is 285 g/mol. The van der Waals surface area contributed by atoms with E-state index >= 15 is 0 Å². The van der Waals surface area contributed by atoms with Crippen molar-refractivity contribution in [1.82, 2.24) is 4.98 Å². The van der Waals surface area contributed by atoms with E-state index in [1.807, 2.05) is 42.5 Å². The summed E-state index contributed by atoms with van der Waals surface area (Å²) in [7, 11) is 0. The van der Waals surface area contributed by atoms with Gasteiger partial charge in [-0.05, 0) is 17.7 Å². The third-order valence-corrected chi connectivity index (χ3v) is 4.01. The van der Waals surface area contributed by atoms with Gasteiger partial charge in [-0.25, -0.2) is 4.98 Å². The van der Waals surface area contributed by atoms with Gasteiger partial charge >= 0.3 is 0 Å². The highest BCUT2D eigenvalue weighted by molar-refractivity contribution is 7.16. The first-order valence-electron chi connectivity index (χ1n) is 6.34. The summed E-state index contributed by atoms with van der Waals surface area (Å²) < 4.78 is 1.07. The van der Waals surface area contributed by atoms with E-state index in [2.05, 4.69) is 10.3 Å². The van der Waals surface area contributed by atoms with Gasteiger partial charge in [-0.3, -0.25) is 0 Å². The molecule has 0 aliphatic rings. The van der Waals surface area contributed by atoms with Crippen LogP contribution in [0.1, 0.15) is 11.7 Å². The second kappa shape index (κ2) is 5.48. The minimum atomic E-state index is -0.568. The summed E-state index contributed by atoms with van der Waals surface area (Å²) in [5.41, 5.74) is 11.0. The predicted octanol–water partition coefficient (Wildman–Crippen LogP) is 3.02. The Morgan fingerprint density at radius 1 is 1.20 bits per heavy atom. The lowest BCUT2D eigenvalue weighted by Gasteiger charge is -2.14. The van der Waals surface area contributed by atoms with Gasteiger partial charge < -0.3 is 16.2 Å². The molecule has 2 aromatic carbocycles. The van der Waals surface area contributed by atoms with Gasteiger partial charge in [-0.2, -0.15) is 0 Å². The van der Waals surface area contributed by atoms with E-state index in [1.54, 1.807) is 16.8 Å². The Labute approximate surface area is 120 Å². The Bertz CT molecular complexity index is 711. The molecule has 0 aliphatic carbocycles. The summed E-state index contributed by atoms with van der Waals surface area (Å²) in [6, 6.07) is 13.5. The molecule has 102 valence electrons. The number of nitrogen functional groups attached to an aromatic ring is 1. The number of aromatic nitrogens is 1. The smallest absolute Gasteiger partial charge is 0.106 e. The van der Waals surface area contributed by atoms with Crippen molar-refractivity contribution in [2.75, 3.05) is 17.6 Å². The van der Waals surface area contributed by atoms with E-state index in [9.17, 15) is 5.11 Å². The number of thiazole rings is 1. The van der Waals surface area contributed by atoms with Gasteiger partial charge in [0.25, 0.3) is 0 Å². The summed E-state index contributed by atoms with van der Waals surface area (Å²) >= 11 is 1.56. The molecule has 20 heavy (non-hydrogen) atoms. The van der Waals surface area contributed by atoms with Crippen LogP contribution < -0.4 is 11.1 Å². The third-order valence-electron chi connectivity index (χ3n) is 3.21. The number of hydrogen-bond acceptors (Lipinski definition) is 5.